The normalized spacial score (nSPS) is 10.2. The number of halogens is 1. The second-order valence-corrected chi connectivity index (χ2v) is 3.05. The molecule has 0 aliphatic carbocycles. The van der Waals surface area contributed by atoms with E-state index in [2.05, 4.69) is 12.1 Å². The van der Waals surface area contributed by atoms with Gasteiger partial charge in [-0.1, -0.05) is 24.3 Å². The maximum Gasteiger partial charge on any atom is 0.0474 e. The summed E-state index contributed by atoms with van der Waals surface area (Å²) < 4.78 is 0. The van der Waals surface area contributed by atoms with E-state index < -0.39 is 0 Å². The highest BCUT2D eigenvalue weighted by molar-refractivity contribution is 6.17. The number of benzene rings is 1. The molecule has 0 fully saturated rings. The first-order valence-corrected chi connectivity index (χ1v) is 4.65. The summed E-state index contributed by atoms with van der Waals surface area (Å²) >= 11 is 5.68. The molecule has 0 radical (unpaired) electrons. The Morgan fingerprint density at radius 3 is 2.67 bits per heavy atom. The monoisotopic (exact) mass is 184 g/mol. The van der Waals surface area contributed by atoms with E-state index in [9.17, 15) is 0 Å². The van der Waals surface area contributed by atoms with Gasteiger partial charge in [-0.05, 0) is 24.0 Å². The number of alkyl halides is 1. The number of aliphatic hydroxyl groups excluding tert-OH is 1. The molecule has 1 nitrogen and oxygen atoms in total. The second-order valence-electron chi connectivity index (χ2n) is 2.78. The molecule has 0 amide bonds. The fraction of sp³-hybridized carbons (Fsp3) is 0.400. The van der Waals surface area contributed by atoms with Crippen LogP contribution in [0, 0.1) is 0 Å². The number of hydrogen-bond donors (Lipinski definition) is 1. The largest absolute Gasteiger partial charge is 0.396 e. The minimum atomic E-state index is 0.255. The Morgan fingerprint density at radius 2 is 2.00 bits per heavy atom. The van der Waals surface area contributed by atoms with Gasteiger partial charge in [-0.2, -0.15) is 0 Å². The minimum Gasteiger partial charge on any atom is -0.396 e. The lowest BCUT2D eigenvalue weighted by Gasteiger charge is -2.01. The molecule has 1 N–H and O–H groups in total. The average Bonchev–Trinajstić information content (AvgIpc) is 2.15. The summed E-state index contributed by atoms with van der Waals surface area (Å²) in [6.45, 7) is 0.255. The van der Waals surface area contributed by atoms with E-state index >= 15 is 0 Å². The third kappa shape index (κ3) is 2.84. The van der Waals surface area contributed by atoms with Crippen LogP contribution in [0.3, 0.4) is 0 Å². The van der Waals surface area contributed by atoms with Crippen LogP contribution in [0.5, 0.6) is 0 Å². The summed E-state index contributed by atoms with van der Waals surface area (Å²) in [4.78, 5) is 0. The van der Waals surface area contributed by atoms with Gasteiger partial charge in [-0.3, -0.25) is 0 Å². The van der Waals surface area contributed by atoms with Gasteiger partial charge in [0.25, 0.3) is 0 Å². The minimum absolute atomic E-state index is 0.255. The molecule has 0 spiro atoms. The van der Waals surface area contributed by atoms with Crippen molar-refractivity contribution in [3.05, 3.63) is 35.4 Å². The van der Waals surface area contributed by atoms with Gasteiger partial charge < -0.3 is 5.11 Å². The SMILES string of the molecule is OCCCc1cccc(CCl)c1. The number of rotatable bonds is 4. The van der Waals surface area contributed by atoms with Gasteiger partial charge in [-0.15, -0.1) is 11.6 Å². The lowest BCUT2D eigenvalue weighted by molar-refractivity contribution is 0.288. The van der Waals surface area contributed by atoms with Crippen molar-refractivity contribution in [3.8, 4) is 0 Å². The molecule has 0 saturated heterocycles. The molecule has 12 heavy (non-hydrogen) atoms. The smallest absolute Gasteiger partial charge is 0.0474 e. The predicted molar refractivity (Wildman–Crippen MR) is 51.4 cm³/mol. The fourth-order valence-electron chi connectivity index (χ4n) is 1.15. The average molecular weight is 185 g/mol. The highest BCUT2D eigenvalue weighted by atomic mass is 35.5. The van der Waals surface area contributed by atoms with Gasteiger partial charge in [0.15, 0.2) is 0 Å². The Hall–Kier alpha value is -0.530. The number of aryl methyl sites for hydroxylation is 1. The summed E-state index contributed by atoms with van der Waals surface area (Å²) in [6, 6.07) is 8.16. The summed E-state index contributed by atoms with van der Waals surface area (Å²) in [6.07, 6.45) is 1.76. The van der Waals surface area contributed by atoms with E-state index in [0.29, 0.717) is 5.88 Å². The van der Waals surface area contributed by atoms with Crippen LogP contribution in [0.4, 0.5) is 0 Å². The van der Waals surface area contributed by atoms with Crippen molar-refractivity contribution < 1.29 is 5.11 Å². The van der Waals surface area contributed by atoms with Crippen LogP contribution < -0.4 is 0 Å². The zero-order valence-electron chi connectivity index (χ0n) is 6.96. The summed E-state index contributed by atoms with van der Waals surface area (Å²) in [7, 11) is 0. The highest BCUT2D eigenvalue weighted by Crippen LogP contribution is 2.09. The van der Waals surface area contributed by atoms with Crippen LogP contribution in [0.1, 0.15) is 17.5 Å². The standard InChI is InChI=1S/C10H13ClO/c11-8-10-4-1-3-9(7-10)5-2-6-12/h1,3-4,7,12H,2,5-6,8H2. The Morgan fingerprint density at radius 1 is 1.25 bits per heavy atom. The third-order valence-corrected chi connectivity index (χ3v) is 2.08. The van der Waals surface area contributed by atoms with Crippen molar-refractivity contribution in [2.45, 2.75) is 18.7 Å². The molecular weight excluding hydrogens is 172 g/mol. The van der Waals surface area contributed by atoms with Crippen molar-refractivity contribution in [2.24, 2.45) is 0 Å². The van der Waals surface area contributed by atoms with Crippen LogP contribution in [-0.4, -0.2) is 11.7 Å². The molecule has 66 valence electrons. The van der Waals surface area contributed by atoms with Crippen LogP contribution in [-0.2, 0) is 12.3 Å². The quantitative estimate of drug-likeness (QED) is 0.713. The molecule has 0 bridgehead atoms. The second kappa shape index (κ2) is 5.18. The summed E-state index contributed by atoms with van der Waals surface area (Å²) in [5.74, 6) is 0.562. The fourth-order valence-corrected chi connectivity index (χ4v) is 1.32. The lowest BCUT2D eigenvalue weighted by Crippen LogP contribution is -1.90. The number of aliphatic hydroxyl groups is 1. The molecule has 1 aromatic carbocycles. The van der Waals surface area contributed by atoms with Crippen molar-refractivity contribution in [3.63, 3.8) is 0 Å². The van der Waals surface area contributed by atoms with Crippen molar-refractivity contribution in [2.75, 3.05) is 6.61 Å². The van der Waals surface area contributed by atoms with Crippen molar-refractivity contribution in [1.82, 2.24) is 0 Å². The molecular formula is C10H13ClO. The first kappa shape index (κ1) is 9.56. The zero-order valence-corrected chi connectivity index (χ0v) is 7.72. The maximum absolute atomic E-state index is 8.63. The van der Waals surface area contributed by atoms with Crippen LogP contribution in [0.15, 0.2) is 24.3 Å². The molecule has 0 unspecified atom stereocenters. The maximum atomic E-state index is 8.63. The number of hydrogen-bond acceptors (Lipinski definition) is 1. The van der Waals surface area contributed by atoms with E-state index in [0.717, 1.165) is 18.4 Å². The molecule has 0 aromatic heterocycles. The zero-order chi connectivity index (χ0) is 8.81. The Kier molecular flexibility index (Phi) is 4.12. The van der Waals surface area contributed by atoms with Crippen molar-refractivity contribution in [1.29, 1.82) is 0 Å². The van der Waals surface area contributed by atoms with E-state index in [1.807, 2.05) is 12.1 Å². The van der Waals surface area contributed by atoms with E-state index in [1.54, 1.807) is 0 Å². The highest BCUT2D eigenvalue weighted by Gasteiger charge is 1.94. The van der Waals surface area contributed by atoms with E-state index in [-0.39, 0.29) is 6.61 Å². The Labute approximate surface area is 78.0 Å². The van der Waals surface area contributed by atoms with Gasteiger partial charge in [-0.25, -0.2) is 0 Å². The summed E-state index contributed by atoms with van der Waals surface area (Å²) in [5, 5.41) is 8.63. The van der Waals surface area contributed by atoms with E-state index in [1.165, 1.54) is 5.56 Å². The van der Waals surface area contributed by atoms with Crippen LogP contribution in [0.2, 0.25) is 0 Å². The van der Waals surface area contributed by atoms with Gasteiger partial charge in [0.1, 0.15) is 0 Å². The third-order valence-electron chi connectivity index (χ3n) is 1.77. The lowest BCUT2D eigenvalue weighted by atomic mass is 10.1. The van der Waals surface area contributed by atoms with Gasteiger partial charge >= 0.3 is 0 Å². The molecule has 0 saturated carbocycles. The van der Waals surface area contributed by atoms with Crippen LogP contribution in [0.25, 0.3) is 0 Å². The topological polar surface area (TPSA) is 20.2 Å². The van der Waals surface area contributed by atoms with Crippen LogP contribution >= 0.6 is 11.6 Å². The van der Waals surface area contributed by atoms with Gasteiger partial charge in [0.2, 0.25) is 0 Å². The molecule has 0 heterocycles. The predicted octanol–water partition coefficient (Wildman–Crippen LogP) is 2.35. The van der Waals surface area contributed by atoms with Gasteiger partial charge in [0.05, 0.1) is 0 Å². The van der Waals surface area contributed by atoms with E-state index in [4.69, 9.17) is 16.7 Å². The molecule has 0 aliphatic heterocycles. The van der Waals surface area contributed by atoms with Gasteiger partial charge in [0, 0.05) is 12.5 Å². The molecule has 0 atom stereocenters. The molecule has 1 aromatic rings. The summed E-state index contributed by atoms with van der Waals surface area (Å²) in [5.41, 5.74) is 2.40. The Balaban J connectivity index is 2.60. The first-order chi connectivity index (χ1) is 5.86. The Bertz CT molecular complexity index is 235. The van der Waals surface area contributed by atoms with Crippen molar-refractivity contribution >= 4 is 11.6 Å². The molecule has 0 aliphatic rings. The first-order valence-electron chi connectivity index (χ1n) is 4.11. The molecule has 1 rings (SSSR count). The molecule has 2 heteroatoms.